The van der Waals surface area contributed by atoms with Gasteiger partial charge in [-0.25, -0.2) is 0 Å². The van der Waals surface area contributed by atoms with Gasteiger partial charge in [0.15, 0.2) is 0 Å². The molecule has 2 aromatic rings. The molecule has 0 fully saturated rings. The molecule has 0 unspecified atom stereocenters. The molecule has 0 saturated heterocycles. The van der Waals surface area contributed by atoms with Crippen LogP contribution in [0.25, 0.3) is 0 Å². The maximum absolute atomic E-state index is 12.5. The third-order valence-corrected chi connectivity index (χ3v) is 6.55. The van der Waals surface area contributed by atoms with Crippen LogP contribution in [-0.4, -0.2) is 5.78 Å². The monoisotopic (exact) mass is 434 g/mol. The molecule has 0 atom stereocenters. The highest BCUT2D eigenvalue weighted by molar-refractivity contribution is 5.81. The van der Waals surface area contributed by atoms with E-state index in [1.54, 1.807) is 0 Å². The van der Waals surface area contributed by atoms with Crippen molar-refractivity contribution in [2.75, 3.05) is 0 Å². The molecule has 0 spiro atoms. The topological polar surface area (TPSA) is 17.1 Å². The molecule has 32 heavy (non-hydrogen) atoms. The highest BCUT2D eigenvalue weighted by atomic mass is 16.1. The van der Waals surface area contributed by atoms with Crippen LogP contribution in [0.3, 0.4) is 0 Å². The number of carbonyl (C=O) groups excluding carboxylic acids is 1. The van der Waals surface area contributed by atoms with Gasteiger partial charge in [0.25, 0.3) is 0 Å². The third-order valence-electron chi connectivity index (χ3n) is 6.55. The lowest BCUT2D eigenvalue weighted by molar-refractivity contribution is -0.118. The summed E-state index contributed by atoms with van der Waals surface area (Å²) < 4.78 is 0. The summed E-state index contributed by atoms with van der Waals surface area (Å²) in [6.07, 6.45) is 21.2. The van der Waals surface area contributed by atoms with Gasteiger partial charge in [0.2, 0.25) is 0 Å². The fraction of sp³-hybridized carbons (Fsp3) is 0.581. The second kappa shape index (κ2) is 17.6. The predicted molar refractivity (Wildman–Crippen MR) is 139 cm³/mol. The molecule has 0 bridgehead atoms. The van der Waals surface area contributed by atoms with Gasteiger partial charge in [-0.2, -0.15) is 0 Å². The summed E-state index contributed by atoms with van der Waals surface area (Å²) in [5, 5.41) is 0. The molecular weight excluding hydrogens is 388 g/mol. The van der Waals surface area contributed by atoms with E-state index in [-0.39, 0.29) is 0 Å². The molecule has 0 saturated carbocycles. The Kier molecular flexibility index (Phi) is 14.5. The van der Waals surface area contributed by atoms with Crippen molar-refractivity contribution in [1.82, 2.24) is 0 Å². The van der Waals surface area contributed by atoms with Crippen LogP contribution >= 0.6 is 0 Å². The Bertz CT molecular complexity index is 718. The van der Waals surface area contributed by atoms with Gasteiger partial charge in [0.1, 0.15) is 5.78 Å². The summed E-state index contributed by atoms with van der Waals surface area (Å²) in [6, 6.07) is 19.0. The van der Waals surface area contributed by atoms with E-state index in [1.165, 1.54) is 100 Å². The van der Waals surface area contributed by atoms with E-state index in [2.05, 4.69) is 61.5 Å². The van der Waals surface area contributed by atoms with E-state index >= 15 is 0 Å². The summed E-state index contributed by atoms with van der Waals surface area (Å²) in [5.41, 5.74) is 3.79. The molecule has 0 amide bonds. The van der Waals surface area contributed by atoms with Crippen molar-refractivity contribution in [3.8, 4) is 0 Å². The van der Waals surface area contributed by atoms with Crippen molar-refractivity contribution in [1.29, 1.82) is 0 Å². The Balaban J connectivity index is 1.49. The minimum Gasteiger partial charge on any atom is -0.299 e. The van der Waals surface area contributed by atoms with E-state index in [1.807, 2.05) is 0 Å². The van der Waals surface area contributed by atoms with Crippen LogP contribution in [0.15, 0.2) is 54.6 Å². The highest BCUT2D eigenvalue weighted by Gasteiger charge is 2.08. The van der Waals surface area contributed by atoms with Crippen LogP contribution in [0, 0.1) is 0 Å². The maximum atomic E-state index is 12.5. The first-order valence-electron chi connectivity index (χ1n) is 13.4. The van der Waals surface area contributed by atoms with Gasteiger partial charge >= 0.3 is 0 Å². The highest BCUT2D eigenvalue weighted by Crippen LogP contribution is 2.17. The number of rotatable bonds is 19. The number of hydrogen-bond donors (Lipinski definition) is 0. The zero-order valence-electron chi connectivity index (χ0n) is 20.6. The zero-order valence-corrected chi connectivity index (χ0v) is 20.6. The average molecular weight is 435 g/mol. The maximum Gasteiger partial charge on any atom is 0.137 e. The number of Topliss-reactive ketones (excluding diaryl/α,β-unsaturated/α-hetero) is 1. The molecule has 0 aromatic heterocycles. The predicted octanol–water partition coefficient (Wildman–Crippen LogP) is 9.26. The van der Waals surface area contributed by atoms with Gasteiger partial charge < -0.3 is 0 Å². The number of carbonyl (C=O) groups is 1. The molecule has 2 rings (SSSR count). The minimum absolute atomic E-state index is 0.393. The van der Waals surface area contributed by atoms with Crippen LogP contribution in [0.4, 0.5) is 0 Å². The fourth-order valence-electron chi connectivity index (χ4n) is 4.54. The van der Waals surface area contributed by atoms with Crippen molar-refractivity contribution in [2.24, 2.45) is 0 Å². The van der Waals surface area contributed by atoms with Crippen molar-refractivity contribution < 1.29 is 4.79 Å². The lowest BCUT2D eigenvalue weighted by atomic mass is 9.95. The number of unbranched alkanes of at least 4 members (excludes halogenated alkanes) is 13. The Morgan fingerprint density at radius 1 is 0.562 bits per heavy atom. The fourth-order valence-corrected chi connectivity index (χ4v) is 4.54. The normalized spacial score (nSPS) is 11.0. The van der Waals surface area contributed by atoms with Gasteiger partial charge in [-0.1, -0.05) is 145 Å². The van der Waals surface area contributed by atoms with Gasteiger partial charge in [0.05, 0.1) is 0 Å². The average Bonchev–Trinajstić information content (AvgIpc) is 2.81. The minimum atomic E-state index is 0.393. The molecule has 0 aliphatic heterocycles. The molecule has 176 valence electrons. The Hall–Kier alpha value is -1.89. The third kappa shape index (κ3) is 12.2. The summed E-state index contributed by atoms with van der Waals surface area (Å²) in [7, 11) is 0. The standard InChI is InChI=1S/C31H46O/c1-2-3-4-5-6-7-8-9-10-11-12-13-14-18-25-31(32)27-30-24-20-19-23-29(30)26-28-21-16-15-17-22-28/h15-17,19-24H,2-14,18,25-27H2,1H3. The summed E-state index contributed by atoms with van der Waals surface area (Å²) in [4.78, 5) is 12.5. The Morgan fingerprint density at radius 2 is 1.03 bits per heavy atom. The molecular formula is C31H46O. The lowest BCUT2D eigenvalue weighted by Gasteiger charge is -2.09. The quantitative estimate of drug-likeness (QED) is 0.201. The van der Waals surface area contributed by atoms with E-state index < -0.39 is 0 Å². The number of ketones is 1. The smallest absolute Gasteiger partial charge is 0.137 e. The van der Waals surface area contributed by atoms with Gasteiger partial charge in [-0.3, -0.25) is 4.79 Å². The van der Waals surface area contributed by atoms with Crippen LogP contribution in [0.5, 0.6) is 0 Å². The Morgan fingerprint density at radius 3 is 1.59 bits per heavy atom. The second-order valence-corrected chi connectivity index (χ2v) is 9.49. The summed E-state index contributed by atoms with van der Waals surface area (Å²) in [6.45, 7) is 2.28. The van der Waals surface area contributed by atoms with Crippen molar-refractivity contribution in [3.63, 3.8) is 0 Å². The van der Waals surface area contributed by atoms with Crippen LogP contribution < -0.4 is 0 Å². The molecule has 0 N–H and O–H groups in total. The zero-order chi connectivity index (χ0) is 22.7. The largest absolute Gasteiger partial charge is 0.299 e. The van der Waals surface area contributed by atoms with E-state index in [4.69, 9.17) is 0 Å². The van der Waals surface area contributed by atoms with Crippen molar-refractivity contribution >= 4 is 5.78 Å². The van der Waals surface area contributed by atoms with Crippen LogP contribution in [0.2, 0.25) is 0 Å². The molecule has 0 heterocycles. The van der Waals surface area contributed by atoms with Gasteiger partial charge in [-0.15, -0.1) is 0 Å². The number of hydrogen-bond acceptors (Lipinski definition) is 1. The Labute approximate surface area is 198 Å². The van der Waals surface area contributed by atoms with Gasteiger partial charge in [0, 0.05) is 12.8 Å². The first kappa shape index (κ1) is 26.4. The first-order chi connectivity index (χ1) is 15.8. The molecule has 1 nitrogen and oxygen atoms in total. The van der Waals surface area contributed by atoms with E-state index in [0.717, 1.165) is 19.3 Å². The van der Waals surface area contributed by atoms with Crippen molar-refractivity contribution in [2.45, 2.75) is 116 Å². The molecule has 0 aliphatic rings. The van der Waals surface area contributed by atoms with E-state index in [9.17, 15) is 4.79 Å². The first-order valence-corrected chi connectivity index (χ1v) is 13.4. The van der Waals surface area contributed by atoms with Crippen LogP contribution in [0.1, 0.15) is 120 Å². The molecule has 0 radical (unpaired) electrons. The van der Waals surface area contributed by atoms with Crippen molar-refractivity contribution in [3.05, 3.63) is 71.3 Å². The molecule has 0 aliphatic carbocycles. The van der Waals surface area contributed by atoms with E-state index in [0.29, 0.717) is 12.2 Å². The lowest BCUT2D eigenvalue weighted by Crippen LogP contribution is -2.05. The SMILES string of the molecule is CCCCCCCCCCCCCCCCC(=O)Cc1ccccc1Cc1ccccc1. The van der Waals surface area contributed by atoms with Gasteiger partial charge in [-0.05, 0) is 29.5 Å². The molecule has 1 heteroatoms. The number of benzene rings is 2. The van der Waals surface area contributed by atoms with Crippen LogP contribution in [-0.2, 0) is 17.6 Å². The summed E-state index contributed by atoms with van der Waals surface area (Å²) in [5.74, 6) is 0.393. The molecule has 2 aromatic carbocycles. The summed E-state index contributed by atoms with van der Waals surface area (Å²) >= 11 is 0. The second-order valence-electron chi connectivity index (χ2n) is 9.49.